The van der Waals surface area contributed by atoms with Crippen LogP contribution in [0.5, 0.6) is 5.75 Å². The fourth-order valence-electron chi connectivity index (χ4n) is 2.12. The summed E-state index contributed by atoms with van der Waals surface area (Å²) in [7, 11) is 1.58. The van der Waals surface area contributed by atoms with Crippen LogP contribution >= 0.6 is 10.7 Å². The van der Waals surface area contributed by atoms with Crippen molar-refractivity contribution in [2.75, 3.05) is 6.61 Å². The number of ether oxygens (including phenoxy) is 1. The summed E-state index contributed by atoms with van der Waals surface area (Å²) in [6.45, 7) is 2.94. The van der Waals surface area contributed by atoms with Crippen molar-refractivity contribution in [3.05, 3.63) is 24.3 Å². The maximum atomic E-state index is 11.0. The van der Waals surface area contributed by atoms with Crippen LogP contribution in [0.1, 0.15) is 19.8 Å². The highest BCUT2D eigenvalue weighted by molar-refractivity contribution is 8.13. The van der Waals surface area contributed by atoms with Gasteiger partial charge in [-0.2, -0.15) is 0 Å². The van der Waals surface area contributed by atoms with Crippen molar-refractivity contribution in [2.45, 2.75) is 24.7 Å². The Morgan fingerprint density at radius 2 is 1.88 bits per heavy atom. The summed E-state index contributed by atoms with van der Waals surface area (Å²) in [6.07, 6.45) is 2.43. The SMILES string of the molecule is CC1CC(COc2ccc(S(=O)(=O)Cl)cc2)C1. The average Bonchev–Trinajstić information content (AvgIpc) is 2.22. The molecule has 17 heavy (non-hydrogen) atoms. The number of hydrogen-bond donors (Lipinski definition) is 0. The predicted molar refractivity (Wildman–Crippen MR) is 66.9 cm³/mol. The summed E-state index contributed by atoms with van der Waals surface area (Å²) in [5, 5.41) is 0. The van der Waals surface area contributed by atoms with E-state index in [1.54, 1.807) is 12.1 Å². The first-order valence-corrected chi connectivity index (χ1v) is 7.93. The molecule has 2 rings (SSSR count). The van der Waals surface area contributed by atoms with Gasteiger partial charge in [0.15, 0.2) is 0 Å². The van der Waals surface area contributed by atoms with Crippen LogP contribution in [0.4, 0.5) is 0 Å². The fourth-order valence-corrected chi connectivity index (χ4v) is 2.89. The summed E-state index contributed by atoms with van der Waals surface area (Å²) in [4.78, 5) is 0.101. The van der Waals surface area contributed by atoms with Crippen molar-refractivity contribution < 1.29 is 13.2 Å². The van der Waals surface area contributed by atoms with Gasteiger partial charge in [0.2, 0.25) is 0 Å². The molecular weight excluding hydrogens is 260 g/mol. The molecule has 5 heteroatoms. The quantitative estimate of drug-likeness (QED) is 0.793. The molecule has 0 aliphatic heterocycles. The van der Waals surface area contributed by atoms with E-state index in [0.29, 0.717) is 18.3 Å². The summed E-state index contributed by atoms with van der Waals surface area (Å²) < 4.78 is 27.6. The largest absolute Gasteiger partial charge is 0.493 e. The first-order chi connectivity index (χ1) is 7.95. The molecule has 1 saturated carbocycles. The molecule has 0 heterocycles. The second-order valence-electron chi connectivity index (χ2n) is 4.66. The van der Waals surface area contributed by atoms with Gasteiger partial charge in [0.1, 0.15) is 5.75 Å². The Morgan fingerprint density at radius 3 is 2.35 bits per heavy atom. The Labute approximate surface area is 106 Å². The van der Waals surface area contributed by atoms with Gasteiger partial charge in [0.05, 0.1) is 11.5 Å². The Hall–Kier alpha value is -0.740. The molecule has 0 bridgehead atoms. The third kappa shape index (κ3) is 3.36. The van der Waals surface area contributed by atoms with Gasteiger partial charge >= 0.3 is 0 Å². The summed E-state index contributed by atoms with van der Waals surface area (Å²) >= 11 is 0. The minimum absolute atomic E-state index is 0.101. The van der Waals surface area contributed by atoms with Crippen molar-refractivity contribution in [1.82, 2.24) is 0 Å². The lowest BCUT2D eigenvalue weighted by molar-refractivity contribution is 0.131. The molecule has 3 nitrogen and oxygen atoms in total. The fraction of sp³-hybridized carbons (Fsp3) is 0.500. The van der Waals surface area contributed by atoms with E-state index in [4.69, 9.17) is 15.4 Å². The van der Waals surface area contributed by atoms with Gasteiger partial charge in [-0.05, 0) is 48.9 Å². The molecule has 0 N–H and O–H groups in total. The highest BCUT2D eigenvalue weighted by Crippen LogP contribution is 2.33. The van der Waals surface area contributed by atoms with Crippen LogP contribution in [0.3, 0.4) is 0 Å². The predicted octanol–water partition coefficient (Wildman–Crippen LogP) is 3.04. The maximum Gasteiger partial charge on any atom is 0.261 e. The summed E-state index contributed by atoms with van der Waals surface area (Å²) in [5.41, 5.74) is 0. The lowest BCUT2D eigenvalue weighted by Crippen LogP contribution is -2.26. The monoisotopic (exact) mass is 274 g/mol. The van der Waals surface area contributed by atoms with Crippen molar-refractivity contribution in [1.29, 1.82) is 0 Å². The molecule has 1 aliphatic carbocycles. The van der Waals surface area contributed by atoms with Crippen molar-refractivity contribution >= 4 is 19.7 Å². The first-order valence-electron chi connectivity index (χ1n) is 5.62. The van der Waals surface area contributed by atoms with Gasteiger partial charge in [0, 0.05) is 10.7 Å². The van der Waals surface area contributed by atoms with E-state index in [1.807, 2.05) is 0 Å². The molecular formula is C12H15ClO3S. The zero-order valence-corrected chi connectivity index (χ0v) is 11.2. The number of halogens is 1. The van der Waals surface area contributed by atoms with E-state index in [0.717, 1.165) is 5.92 Å². The topological polar surface area (TPSA) is 43.4 Å². The molecule has 1 aliphatic rings. The minimum atomic E-state index is -3.63. The highest BCUT2D eigenvalue weighted by Gasteiger charge is 2.25. The minimum Gasteiger partial charge on any atom is -0.493 e. The van der Waals surface area contributed by atoms with Crippen molar-refractivity contribution in [3.63, 3.8) is 0 Å². The lowest BCUT2D eigenvalue weighted by Gasteiger charge is -2.32. The second-order valence-corrected chi connectivity index (χ2v) is 7.23. The van der Waals surface area contributed by atoms with Crippen LogP contribution in [-0.4, -0.2) is 15.0 Å². The molecule has 1 aromatic carbocycles. The molecule has 0 radical (unpaired) electrons. The van der Waals surface area contributed by atoms with Crippen molar-refractivity contribution in [3.8, 4) is 5.75 Å². The molecule has 1 aromatic rings. The van der Waals surface area contributed by atoms with E-state index < -0.39 is 9.05 Å². The molecule has 0 aromatic heterocycles. The third-order valence-corrected chi connectivity index (χ3v) is 4.43. The van der Waals surface area contributed by atoms with Crippen LogP contribution in [-0.2, 0) is 9.05 Å². The zero-order chi connectivity index (χ0) is 12.5. The molecule has 94 valence electrons. The average molecular weight is 275 g/mol. The lowest BCUT2D eigenvalue weighted by atomic mass is 9.77. The molecule has 0 unspecified atom stereocenters. The smallest absolute Gasteiger partial charge is 0.261 e. The Bertz CT molecular complexity index is 475. The Balaban J connectivity index is 1.90. The van der Waals surface area contributed by atoms with Gasteiger partial charge < -0.3 is 4.74 Å². The molecule has 1 fully saturated rings. The number of benzene rings is 1. The van der Waals surface area contributed by atoms with E-state index in [2.05, 4.69) is 6.92 Å². The van der Waals surface area contributed by atoms with Crippen LogP contribution in [0.2, 0.25) is 0 Å². The first kappa shape index (κ1) is 12.7. The molecule has 0 atom stereocenters. The Morgan fingerprint density at radius 1 is 1.29 bits per heavy atom. The molecule has 0 spiro atoms. The van der Waals surface area contributed by atoms with E-state index >= 15 is 0 Å². The standard InChI is InChI=1S/C12H15ClO3S/c1-9-6-10(7-9)8-16-11-2-4-12(5-3-11)17(13,14)15/h2-5,9-10H,6-8H2,1H3. The summed E-state index contributed by atoms with van der Waals surface area (Å²) in [6, 6.07) is 6.19. The second kappa shape index (κ2) is 4.86. The van der Waals surface area contributed by atoms with Crippen LogP contribution in [0, 0.1) is 11.8 Å². The van der Waals surface area contributed by atoms with Crippen molar-refractivity contribution in [2.24, 2.45) is 11.8 Å². The van der Waals surface area contributed by atoms with Crippen LogP contribution < -0.4 is 4.74 Å². The maximum absolute atomic E-state index is 11.0. The van der Waals surface area contributed by atoms with Gasteiger partial charge in [0.25, 0.3) is 9.05 Å². The normalized spacial score (nSPS) is 24.1. The van der Waals surface area contributed by atoms with E-state index in [9.17, 15) is 8.42 Å². The van der Waals surface area contributed by atoms with Gasteiger partial charge in [-0.15, -0.1) is 0 Å². The Kier molecular flexibility index (Phi) is 3.64. The highest BCUT2D eigenvalue weighted by atomic mass is 35.7. The zero-order valence-electron chi connectivity index (χ0n) is 9.60. The number of hydrogen-bond acceptors (Lipinski definition) is 3. The van der Waals surface area contributed by atoms with E-state index in [1.165, 1.54) is 25.0 Å². The third-order valence-electron chi connectivity index (χ3n) is 3.06. The summed E-state index contributed by atoms with van der Waals surface area (Å²) in [5.74, 6) is 2.14. The van der Waals surface area contributed by atoms with Gasteiger partial charge in [-0.3, -0.25) is 0 Å². The van der Waals surface area contributed by atoms with Gasteiger partial charge in [-0.25, -0.2) is 8.42 Å². The number of rotatable bonds is 4. The molecule has 0 saturated heterocycles. The molecule has 0 amide bonds. The van der Waals surface area contributed by atoms with Crippen LogP contribution in [0.15, 0.2) is 29.2 Å². The van der Waals surface area contributed by atoms with E-state index in [-0.39, 0.29) is 4.90 Å². The van der Waals surface area contributed by atoms with Crippen LogP contribution in [0.25, 0.3) is 0 Å². The van der Waals surface area contributed by atoms with Gasteiger partial charge in [-0.1, -0.05) is 6.92 Å².